The van der Waals surface area contributed by atoms with Crippen LogP contribution in [0.25, 0.3) is 0 Å². The fraction of sp³-hybridized carbons (Fsp3) is 0.414. The number of nitrogens with zero attached hydrogens (tertiary/aromatic N) is 1. The number of benzene rings is 2. The molecule has 0 saturated carbocycles. The molecule has 2 aromatic rings. The second kappa shape index (κ2) is 15.0. The molecule has 16 heteroatoms. The topological polar surface area (TPSA) is 224 Å². The first-order chi connectivity index (χ1) is 21.2. The van der Waals surface area contributed by atoms with E-state index in [1.807, 2.05) is 0 Å². The van der Waals surface area contributed by atoms with Crippen molar-refractivity contribution in [2.45, 2.75) is 71.2 Å². The van der Waals surface area contributed by atoms with Crippen molar-refractivity contribution < 1.29 is 67.5 Å². The van der Waals surface area contributed by atoms with Gasteiger partial charge in [0, 0.05) is 58.4 Å². The van der Waals surface area contributed by atoms with Gasteiger partial charge in [-0.3, -0.25) is 34.1 Å². The summed E-state index contributed by atoms with van der Waals surface area (Å²) in [6.45, 7) is 3.69. The number of ether oxygens (including phenoxy) is 6. The number of nitro groups is 1. The van der Waals surface area contributed by atoms with Gasteiger partial charge in [-0.2, -0.15) is 0 Å². The average Bonchev–Trinajstić information content (AvgIpc) is 2.93. The minimum absolute atomic E-state index is 0.107. The Bertz CT molecular complexity index is 1450. The molecule has 0 amide bonds. The molecule has 0 aromatic heterocycles. The van der Waals surface area contributed by atoms with E-state index < -0.39 is 94.7 Å². The minimum Gasteiger partial charge on any atom is -0.508 e. The van der Waals surface area contributed by atoms with Crippen LogP contribution in [0.2, 0.25) is 0 Å². The molecular formula is C29H31NO15. The van der Waals surface area contributed by atoms with Crippen molar-refractivity contribution in [2.24, 2.45) is 0 Å². The number of aromatic hydroxyl groups is 2. The normalized spacial score (nSPS) is 20.8. The Kier molecular flexibility index (Phi) is 11.4. The smallest absolute Gasteiger partial charge is 0.303 e. The second-order valence-electron chi connectivity index (χ2n) is 9.87. The number of rotatable bonds is 12. The lowest BCUT2D eigenvalue weighted by molar-refractivity contribution is -0.384. The third-order valence-electron chi connectivity index (χ3n) is 6.32. The zero-order valence-electron chi connectivity index (χ0n) is 24.6. The van der Waals surface area contributed by atoms with Crippen LogP contribution in [-0.2, 0) is 49.3 Å². The van der Waals surface area contributed by atoms with Crippen molar-refractivity contribution >= 4 is 35.3 Å². The highest BCUT2D eigenvalue weighted by Gasteiger charge is 2.53. The Labute approximate surface area is 255 Å². The molecule has 0 radical (unpaired) electrons. The highest BCUT2D eigenvalue weighted by Crippen LogP contribution is 2.37. The Balaban J connectivity index is 2.00. The molecule has 3 rings (SSSR count). The lowest BCUT2D eigenvalue weighted by Crippen LogP contribution is -2.63. The molecule has 45 heavy (non-hydrogen) atoms. The number of phenolic OH excluding ortho intramolecular Hbond substituents is 2. The number of hydrogen-bond donors (Lipinski definition) is 2. The molecule has 0 bridgehead atoms. The zero-order chi connectivity index (χ0) is 33.4. The van der Waals surface area contributed by atoms with Gasteiger partial charge in [-0.15, -0.1) is 0 Å². The number of carbonyl (C=O) groups is 5. The van der Waals surface area contributed by atoms with Crippen LogP contribution >= 0.6 is 0 Å². The van der Waals surface area contributed by atoms with E-state index in [1.165, 1.54) is 24.3 Å². The van der Waals surface area contributed by atoms with Crippen molar-refractivity contribution in [3.05, 3.63) is 57.6 Å². The van der Waals surface area contributed by atoms with Gasteiger partial charge in [-0.1, -0.05) is 12.1 Å². The lowest BCUT2D eigenvalue weighted by Gasteiger charge is -2.44. The predicted molar refractivity (Wildman–Crippen MR) is 148 cm³/mol. The standard InChI is InChI=1S/C29H31NO15/c1-14(31)40-13-24-26(41-15(2)32)27(42-16(3)33)28(43-17(4)34)29(45-24)44-23-12-20(35)11-22(37)25(23)21(36)10-7-18-5-8-19(9-6-18)30(38)39/h5-6,8-9,11-12,24,26-29,35,37H,7,10,13H2,1-4H3/t24?,26-,27+,28-,29+/m0/s1. The quantitative estimate of drug-likeness (QED) is 0.112. The first-order valence-corrected chi connectivity index (χ1v) is 13.5. The summed E-state index contributed by atoms with van der Waals surface area (Å²) in [7, 11) is 0. The average molecular weight is 634 g/mol. The van der Waals surface area contributed by atoms with E-state index in [4.69, 9.17) is 28.4 Å². The number of aryl methyl sites for hydroxylation is 1. The van der Waals surface area contributed by atoms with Gasteiger partial charge >= 0.3 is 23.9 Å². The van der Waals surface area contributed by atoms with E-state index in [0.717, 1.165) is 39.8 Å². The largest absolute Gasteiger partial charge is 0.508 e. The summed E-state index contributed by atoms with van der Waals surface area (Å²) in [6.07, 6.45) is -7.88. The number of carbonyl (C=O) groups excluding carboxylic acids is 5. The van der Waals surface area contributed by atoms with Gasteiger partial charge in [0.1, 0.15) is 35.5 Å². The molecule has 1 unspecified atom stereocenters. The van der Waals surface area contributed by atoms with E-state index in [-0.39, 0.29) is 18.5 Å². The summed E-state index contributed by atoms with van der Waals surface area (Å²) in [5.41, 5.74) is 0.0404. The van der Waals surface area contributed by atoms with Crippen LogP contribution in [-0.4, -0.2) is 82.1 Å². The number of hydrogen-bond acceptors (Lipinski definition) is 15. The molecule has 242 valence electrons. The van der Waals surface area contributed by atoms with E-state index in [0.29, 0.717) is 5.56 Å². The summed E-state index contributed by atoms with van der Waals surface area (Å²) in [5.74, 6) is -5.65. The molecule has 1 heterocycles. The van der Waals surface area contributed by atoms with E-state index in [9.17, 15) is 44.3 Å². The first-order valence-electron chi connectivity index (χ1n) is 13.5. The van der Waals surface area contributed by atoms with Crippen molar-refractivity contribution in [2.75, 3.05) is 6.61 Å². The van der Waals surface area contributed by atoms with Gasteiger partial charge in [-0.25, -0.2) is 0 Å². The van der Waals surface area contributed by atoms with E-state index in [1.54, 1.807) is 0 Å². The molecule has 16 nitrogen and oxygen atoms in total. The maximum absolute atomic E-state index is 13.3. The molecule has 5 atom stereocenters. The predicted octanol–water partition coefficient (Wildman–Crippen LogP) is 2.28. The van der Waals surface area contributed by atoms with Gasteiger partial charge < -0.3 is 38.6 Å². The van der Waals surface area contributed by atoms with Crippen molar-refractivity contribution in [1.82, 2.24) is 0 Å². The Morgan fingerprint density at radius 2 is 1.42 bits per heavy atom. The summed E-state index contributed by atoms with van der Waals surface area (Å²) >= 11 is 0. The maximum Gasteiger partial charge on any atom is 0.303 e. The number of nitro benzene ring substituents is 1. The minimum atomic E-state index is -1.74. The molecule has 0 spiro atoms. The maximum atomic E-state index is 13.3. The molecule has 2 N–H and O–H groups in total. The highest BCUT2D eigenvalue weighted by atomic mass is 16.7. The molecular weight excluding hydrogens is 602 g/mol. The van der Waals surface area contributed by atoms with Crippen LogP contribution in [0.15, 0.2) is 36.4 Å². The number of phenols is 2. The van der Waals surface area contributed by atoms with Gasteiger partial charge in [0.05, 0.1) is 4.92 Å². The Morgan fingerprint density at radius 3 is 1.98 bits per heavy atom. The van der Waals surface area contributed by atoms with Crippen LogP contribution < -0.4 is 4.74 Å². The highest BCUT2D eigenvalue weighted by molar-refractivity contribution is 6.01. The van der Waals surface area contributed by atoms with Gasteiger partial charge in [0.15, 0.2) is 18.0 Å². The van der Waals surface area contributed by atoms with Crippen LogP contribution in [0, 0.1) is 10.1 Å². The third-order valence-corrected chi connectivity index (χ3v) is 6.32. The van der Waals surface area contributed by atoms with Gasteiger partial charge in [0.2, 0.25) is 12.4 Å². The van der Waals surface area contributed by atoms with Crippen LogP contribution in [0.5, 0.6) is 17.2 Å². The summed E-state index contributed by atoms with van der Waals surface area (Å²) < 4.78 is 32.8. The first kappa shape index (κ1) is 34.2. The monoisotopic (exact) mass is 633 g/mol. The van der Waals surface area contributed by atoms with Crippen LogP contribution in [0.3, 0.4) is 0 Å². The summed E-state index contributed by atoms with van der Waals surface area (Å²) in [5, 5.41) is 31.8. The second-order valence-corrected chi connectivity index (χ2v) is 9.87. The number of Topliss-reactive ketones (excluding diaryl/α,β-unsaturated/α-hetero) is 1. The molecule has 2 aromatic carbocycles. The van der Waals surface area contributed by atoms with E-state index >= 15 is 0 Å². The molecule has 1 fully saturated rings. The van der Waals surface area contributed by atoms with E-state index in [2.05, 4.69) is 0 Å². The van der Waals surface area contributed by atoms with Gasteiger partial charge in [0.25, 0.3) is 5.69 Å². The Hall–Kier alpha value is -5.25. The SMILES string of the molecule is CC(=O)OCC1O[C@@H](Oc2cc(O)cc(O)c2C(=O)CCc2ccc([N+](=O)[O-])cc2)[C@@H](OC(C)=O)[C@H](OC(C)=O)[C@H]1OC(C)=O. The molecule has 1 aliphatic heterocycles. The van der Waals surface area contributed by atoms with Gasteiger partial charge in [-0.05, 0) is 12.0 Å². The van der Waals surface area contributed by atoms with Crippen molar-refractivity contribution in [1.29, 1.82) is 0 Å². The van der Waals surface area contributed by atoms with Crippen LogP contribution in [0.4, 0.5) is 5.69 Å². The molecule has 0 aliphatic carbocycles. The van der Waals surface area contributed by atoms with Crippen LogP contribution in [0.1, 0.15) is 50.0 Å². The fourth-order valence-electron chi connectivity index (χ4n) is 4.54. The van der Waals surface area contributed by atoms with Crippen molar-refractivity contribution in [3.8, 4) is 17.2 Å². The summed E-state index contributed by atoms with van der Waals surface area (Å²) in [6, 6.07) is 7.36. The molecule has 1 saturated heterocycles. The Morgan fingerprint density at radius 1 is 0.844 bits per heavy atom. The zero-order valence-corrected chi connectivity index (χ0v) is 24.6. The third kappa shape index (κ3) is 9.37. The fourth-order valence-corrected chi connectivity index (χ4v) is 4.54. The number of esters is 4. The number of ketones is 1. The number of non-ortho nitro benzene ring substituents is 1. The van der Waals surface area contributed by atoms with Crippen molar-refractivity contribution in [3.63, 3.8) is 0 Å². The summed E-state index contributed by atoms with van der Waals surface area (Å²) in [4.78, 5) is 71.4. The molecule has 1 aliphatic rings. The lowest BCUT2D eigenvalue weighted by atomic mass is 9.97.